The number of ether oxygens (including phenoxy) is 1. The fourth-order valence-electron chi connectivity index (χ4n) is 3.09. The summed E-state index contributed by atoms with van der Waals surface area (Å²) in [6.45, 7) is 5.11. The summed E-state index contributed by atoms with van der Waals surface area (Å²) in [6, 6.07) is 15.2. The van der Waals surface area contributed by atoms with Crippen LogP contribution in [0.4, 0.5) is 5.69 Å². The van der Waals surface area contributed by atoms with Gasteiger partial charge in [-0.25, -0.2) is 9.78 Å². The number of nitrogens with zero attached hydrogens (tertiary/aromatic N) is 1. The minimum Gasteiger partial charge on any atom is -0.466 e. The summed E-state index contributed by atoms with van der Waals surface area (Å²) in [4.78, 5) is 28.9. The van der Waals surface area contributed by atoms with Gasteiger partial charge in [0.15, 0.2) is 6.61 Å². The van der Waals surface area contributed by atoms with Gasteiger partial charge in [0.1, 0.15) is 22.1 Å². The van der Waals surface area contributed by atoms with E-state index in [1.54, 1.807) is 43.4 Å². The van der Waals surface area contributed by atoms with E-state index in [0.717, 1.165) is 20.8 Å². The number of anilines is 1. The minimum absolute atomic E-state index is 0.329. The first-order valence-corrected chi connectivity index (χ1v) is 10.2. The van der Waals surface area contributed by atoms with Gasteiger partial charge in [-0.2, -0.15) is 0 Å². The number of furan rings is 1. The number of aromatic nitrogens is 1. The molecule has 0 aliphatic rings. The van der Waals surface area contributed by atoms with Crippen LogP contribution in [0, 0.1) is 20.8 Å². The molecule has 0 saturated carbocycles. The molecule has 2 aromatic carbocycles. The number of thiazole rings is 1. The van der Waals surface area contributed by atoms with E-state index in [4.69, 9.17) is 9.15 Å². The summed E-state index contributed by atoms with van der Waals surface area (Å²) in [6.07, 6.45) is 0. The zero-order chi connectivity index (χ0) is 21.3. The van der Waals surface area contributed by atoms with Gasteiger partial charge in [0.05, 0.1) is 10.2 Å². The monoisotopic (exact) mass is 420 g/mol. The standard InChI is InChI=1S/C23H20N2O4S/c1-13-4-9-19-20(10-13)30-22(25-19)16-5-7-17(8-6-16)24-21(26)12-28-23(27)18-11-14(2)29-15(18)3/h4-11H,12H2,1-3H3,(H,24,26). The number of carbonyl (C=O) groups excluding carboxylic acids is 2. The predicted octanol–water partition coefficient (Wildman–Crippen LogP) is 5.28. The highest BCUT2D eigenvalue weighted by molar-refractivity contribution is 7.21. The second kappa shape index (κ2) is 8.12. The number of esters is 1. The van der Waals surface area contributed by atoms with Gasteiger partial charge >= 0.3 is 5.97 Å². The Morgan fingerprint density at radius 2 is 1.83 bits per heavy atom. The van der Waals surface area contributed by atoms with E-state index in [9.17, 15) is 9.59 Å². The van der Waals surface area contributed by atoms with Crippen molar-refractivity contribution in [2.75, 3.05) is 11.9 Å². The number of carbonyl (C=O) groups is 2. The molecule has 0 aliphatic carbocycles. The molecule has 152 valence electrons. The van der Waals surface area contributed by atoms with E-state index in [1.165, 1.54) is 5.56 Å². The van der Waals surface area contributed by atoms with Crippen molar-refractivity contribution in [3.63, 3.8) is 0 Å². The molecule has 4 aromatic rings. The molecule has 0 radical (unpaired) electrons. The summed E-state index contributed by atoms with van der Waals surface area (Å²) in [5, 5.41) is 3.65. The summed E-state index contributed by atoms with van der Waals surface area (Å²) < 4.78 is 11.5. The van der Waals surface area contributed by atoms with Gasteiger partial charge in [0, 0.05) is 11.3 Å². The number of aryl methyl sites for hydroxylation is 3. The molecule has 2 aromatic heterocycles. The molecule has 0 atom stereocenters. The Bertz CT molecular complexity index is 1240. The van der Waals surface area contributed by atoms with Crippen molar-refractivity contribution in [2.45, 2.75) is 20.8 Å². The molecular formula is C23H20N2O4S. The number of fused-ring (bicyclic) bond motifs is 1. The highest BCUT2D eigenvalue weighted by Crippen LogP contribution is 2.31. The number of rotatable bonds is 5. The smallest absolute Gasteiger partial charge is 0.342 e. The molecular weight excluding hydrogens is 400 g/mol. The number of hydrogen-bond acceptors (Lipinski definition) is 6. The van der Waals surface area contributed by atoms with Crippen molar-refractivity contribution >= 4 is 39.1 Å². The highest BCUT2D eigenvalue weighted by Gasteiger charge is 2.16. The Kier molecular flexibility index (Phi) is 5.37. The third-order valence-electron chi connectivity index (χ3n) is 4.55. The van der Waals surface area contributed by atoms with E-state index in [-0.39, 0.29) is 6.61 Å². The van der Waals surface area contributed by atoms with Crippen LogP contribution >= 0.6 is 11.3 Å². The Labute approximate surface area is 177 Å². The van der Waals surface area contributed by atoms with Crippen molar-refractivity contribution < 1.29 is 18.7 Å². The fourth-order valence-corrected chi connectivity index (χ4v) is 4.16. The number of benzene rings is 2. The first kappa shape index (κ1) is 19.8. The quantitative estimate of drug-likeness (QED) is 0.445. The van der Waals surface area contributed by atoms with Crippen LogP contribution in [0.2, 0.25) is 0 Å². The molecule has 1 amide bonds. The summed E-state index contributed by atoms with van der Waals surface area (Å²) in [5.74, 6) is 0.0936. The van der Waals surface area contributed by atoms with Gasteiger partial charge < -0.3 is 14.5 Å². The average molecular weight is 420 g/mol. The maximum Gasteiger partial charge on any atom is 0.342 e. The largest absolute Gasteiger partial charge is 0.466 e. The molecule has 4 rings (SSSR count). The Hall–Kier alpha value is -3.45. The van der Waals surface area contributed by atoms with Crippen molar-refractivity contribution in [3.05, 3.63) is 71.2 Å². The van der Waals surface area contributed by atoms with Crippen LogP contribution in [0.15, 0.2) is 52.9 Å². The van der Waals surface area contributed by atoms with Gasteiger partial charge in [-0.3, -0.25) is 4.79 Å². The van der Waals surface area contributed by atoms with E-state index < -0.39 is 11.9 Å². The van der Waals surface area contributed by atoms with Gasteiger partial charge in [-0.05, 0) is 68.8 Å². The van der Waals surface area contributed by atoms with Crippen LogP contribution in [-0.2, 0) is 9.53 Å². The number of amides is 1. The molecule has 30 heavy (non-hydrogen) atoms. The van der Waals surface area contributed by atoms with Crippen molar-refractivity contribution in [2.24, 2.45) is 0 Å². The molecule has 6 nitrogen and oxygen atoms in total. The van der Waals surface area contributed by atoms with Gasteiger partial charge in [0.25, 0.3) is 5.91 Å². The lowest BCUT2D eigenvalue weighted by Gasteiger charge is -2.07. The van der Waals surface area contributed by atoms with E-state index in [0.29, 0.717) is 22.8 Å². The molecule has 0 unspecified atom stereocenters. The molecule has 0 spiro atoms. The third-order valence-corrected chi connectivity index (χ3v) is 5.62. The lowest BCUT2D eigenvalue weighted by molar-refractivity contribution is -0.119. The van der Waals surface area contributed by atoms with E-state index in [2.05, 4.69) is 23.3 Å². The molecule has 2 heterocycles. The average Bonchev–Trinajstić information content (AvgIpc) is 3.28. The lowest BCUT2D eigenvalue weighted by atomic mass is 10.2. The van der Waals surface area contributed by atoms with Crippen molar-refractivity contribution in [1.82, 2.24) is 4.98 Å². The highest BCUT2D eigenvalue weighted by atomic mass is 32.1. The summed E-state index contributed by atoms with van der Waals surface area (Å²) >= 11 is 1.63. The molecule has 0 saturated heterocycles. The van der Waals surface area contributed by atoms with Crippen LogP contribution in [0.25, 0.3) is 20.8 Å². The SMILES string of the molecule is Cc1ccc2nc(-c3ccc(NC(=O)COC(=O)c4cc(C)oc4C)cc3)sc2c1. The van der Waals surface area contributed by atoms with Crippen molar-refractivity contribution in [1.29, 1.82) is 0 Å². The topological polar surface area (TPSA) is 81.4 Å². The second-order valence-corrected chi connectivity index (χ2v) is 8.05. The fraction of sp³-hybridized carbons (Fsp3) is 0.174. The molecule has 0 bridgehead atoms. The van der Waals surface area contributed by atoms with E-state index >= 15 is 0 Å². The second-order valence-electron chi connectivity index (χ2n) is 7.02. The number of hydrogen-bond donors (Lipinski definition) is 1. The van der Waals surface area contributed by atoms with Gasteiger partial charge in [-0.1, -0.05) is 6.07 Å². The van der Waals surface area contributed by atoms with Gasteiger partial charge in [0.2, 0.25) is 0 Å². The van der Waals surface area contributed by atoms with Crippen LogP contribution in [-0.4, -0.2) is 23.5 Å². The molecule has 0 aliphatic heterocycles. The van der Waals surface area contributed by atoms with Crippen LogP contribution < -0.4 is 5.32 Å². The van der Waals surface area contributed by atoms with Crippen LogP contribution in [0.1, 0.15) is 27.4 Å². The Balaban J connectivity index is 1.37. The number of nitrogens with one attached hydrogen (secondary N) is 1. The van der Waals surface area contributed by atoms with Gasteiger partial charge in [-0.15, -0.1) is 11.3 Å². The van der Waals surface area contributed by atoms with E-state index in [1.807, 2.05) is 24.3 Å². The maximum atomic E-state index is 12.1. The first-order chi connectivity index (χ1) is 14.4. The zero-order valence-electron chi connectivity index (χ0n) is 16.8. The van der Waals surface area contributed by atoms with Crippen molar-refractivity contribution in [3.8, 4) is 10.6 Å². The Morgan fingerprint density at radius 3 is 2.53 bits per heavy atom. The lowest BCUT2D eigenvalue weighted by Crippen LogP contribution is -2.21. The van der Waals surface area contributed by atoms with Crippen LogP contribution in [0.5, 0.6) is 0 Å². The molecule has 1 N–H and O–H groups in total. The maximum absolute atomic E-state index is 12.1. The first-order valence-electron chi connectivity index (χ1n) is 9.41. The normalized spacial score (nSPS) is 10.9. The summed E-state index contributed by atoms with van der Waals surface area (Å²) in [5.41, 5.74) is 4.10. The predicted molar refractivity (Wildman–Crippen MR) is 117 cm³/mol. The zero-order valence-corrected chi connectivity index (χ0v) is 17.6. The minimum atomic E-state index is -0.582. The summed E-state index contributed by atoms with van der Waals surface area (Å²) in [7, 11) is 0. The molecule has 0 fully saturated rings. The Morgan fingerprint density at radius 1 is 1.07 bits per heavy atom. The third kappa shape index (κ3) is 4.26. The molecule has 7 heteroatoms. The van der Waals surface area contributed by atoms with Crippen LogP contribution in [0.3, 0.4) is 0 Å².